The Bertz CT molecular complexity index is 256. The zero-order chi connectivity index (χ0) is 8.81. The topological polar surface area (TPSA) is 38.4 Å². The zero-order valence-corrected chi connectivity index (χ0v) is 7.84. The van der Waals surface area contributed by atoms with E-state index in [1.165, 1.54) is 11.9 Å². The smallest absolute Gasteiger partial charge is 0.138 e. The molecule has 0 saturated carbocycles. The van der Waals surface area contributed by atoms with Gasteiger partial charge in [0, 0.05) is 11.3 Å². The van der Waals surface area contributed by atoms with Gasteiger partial charge in [0.1, 0.15) is 5.84 Å². The predicted octanol–water partition coefficient (Wildman–Crippen LogP) is 2.06. The summed E-state index contributed by atoms with van der Waals surface area (Å²) in [6.07, 6.45) is 0. The van der Waals surface area contributed by atoms with Gasteiger partial charge in [-0.25, -0.2) is 0 Å². The Morgan fingerprint density at radius 3 is 2.67 bits per heavy atom. The third kappa shape index (κ3) is 2.58. The number of benzene rings is 1. The van der Waals surface area contributed by atoms with E-state index in [2.05, 4.69) is 4.40 Å². The first-order valence-electron chi connectivity index (χ1n) is 3.85. The lowest BCUT2D eigenvalue weighted by molar-refractivity contribution is 1.50. The maximum atomic E-state index is 5.71. The molecular formula is C9H12N2S. The van der Waals surface area contributed by atoms with Crippen molar-refractivity contribution >= 4 is 17.8 Å². The Hall–Kier alpha value is -0.960. The second kappa shape index (κ2) is 4.83. The molecule has 1 rings (SSSR count). The minimum absolute atomic E-state index is 0.599. The van der Waals surface area contributed by atoms with Crippen LogP contribution in [0.2, 0.25) is 0 Å². The Balaban J connectivity index is 2.71. The van der Waals surface area contributed by atoms with E-state index in [9.17, 15) is 0 Å². The molecule has 0 amide bonds. The Labute approximate surface area is 77.0 Å². The van der Waals surface area contributed by atoms with Gasteiger partial charge in [0.15, 0.2) is 0 Å². The van der Waals surface area contributed by atoms with Crippen LogP contribution < -0.4 is 5.73 Å². The van der Waals surface area contributed by atoms with Crippen LogP contribution in [-0.4, -0.2) is 11.6 Å². The van der Waals surface area contributed by atoms with Crippen LogP contribution in [0.4, 0.5) is 0 Å². The van der Waals surface area contributed by atoms with Gasteiger partial charge in [0.05, 0.1) is 0 Å². The average molecular weight is 180 g/mol. The second-order valence-corrected chi connectivity index (χ2v) is 3.28. The fourth-order valence-electron chi connectivity index (χ4n) is 0.796. The van der Waals surface area contributed by atoms with Gasteiger partial charge in [-0.05, 0) is 11.9 Å². The molecule has 0 fully saturated rings. The molecule has 0 aliphatic carbocycles. The van der Waals surface area contributed by atoms with Crippen LogP contribution in [0.5, 0.6) is 0 Å². The molecule has 0 radical (unpaired) electrons. The molecule has 0 aliphatic heterocycles. The monoisotopic (exact) mass is 180 g/mol. The van der Waals surface area contributed by atoms with Crippen molar-refractivity contribution < 1.29 is 0 Å². The fourth-order valence-corrected chi connectivity index (χ4v) is 1.17. The maximum absolute atomic E-state index is 5.71. The zero-order valence-electron chi connectivity index (χ0n) is 7.03. The summed E-state index contributed by atoms with van der Waals surface area (Å²) in [6.45, 7) is 2.05. The number of amidine groups is 1. The number of hydrogen-bond donors (Lipinski definition) is 1. The summed E-state index contributed by atoms with van der Waals surface area (Å²) in [5, 5.41) is 0. The van der Waals surface area contributed by atoms with Crippen molar-refractivity contribution in [2.45, 2.75) is 6.92 Å². The SMILES string of the molecule is CCS/N=C(\N)c1ccccc1. The summed E-state index contributed by atoms with van der Waals surface area (Å²) in [5.74, 6) is 1.55. The molecule has 0 atom stereocenters. The lowest BCUT2D eigenvalue weighted by Crippen LogP contribution is -2.11. The summed E-state index contributed by atoms with van der Waals surface area (Å²) >= 11 is 1.47. The van der Waals surface area contributed by atoms with Gasteiger partial charge in [-0.3, -0.25) is 0 Å². The van der Waals surface area contributed by atoms with Crippen molar-refractivity contribution in [3.63, 3.8) is 0 Å². The van der Waals surface area contributed by atoms with Crippen LogP contribution in [0.15, 0.2) is 34.7 Å². The van der Waals surface area contributed by atoms with Crippen LogP contribution in [0.3, 0.4) is 0 Å². The van der Waals surface area contributed by atoms with Crippen molar-refractivity contribution in [3.8, 4) is 0 Å². The lowest BCUT2D eigenvalue weighted by Gasteiger charge is -1.97. The van der Waals surface area contributed by atoms with Gasteiger partial charge in [0.2, 0.25) is 0 Å². The molecule has 0 bridgehead atoms. The molecule has 0 saturated heterocycles. The average Bonchev–Trinajstić information content (AvgIpc) is 2.15. The Kier molecular flexibility index (Phi) is 3.67. The highest BCUT2D eigenvalue weighted by molar-refractivity contribution is 7.98. The first-order valence-corrected chi connectivity index (χ1v) is 4.79. The number of nitrogens with zero attached hydrogens (tertiary/aromatic N) is 1. The van der Waals surface area contributed by atoms with Gasteiger partial charge in [-0.2, -0.15) is 4.40 Å². The third-order valence-electron chi connectivity index (χ3n) is 1.36. The Morgan fingerprint density at radius 1 is 1.42 bits per heavy atom. The lowest BCUT2D eigenvalue weighted by atomic mass is 10.2. The highest BCUT2D eigenvalue weighted by Gasteiger charge is 1.94. The molecule has 0 aromatic heterocycles. The summed E-state index contributed by atoms with van der Waals surface area (Å²) < 4.78 is 4.12. The van der Waals surface area contributed by atoms with E-state index < -0.39 is 0 Å². The van der Waals surface area contributed by atoms with Gasteiger partial charge in [-0.15, -0.1) is 0 Å². The summed E-state index contributed by atoms with van der Waals surface area (Å²) in [7, 11) is 0. The maximum Gasteiger partial charge on any atom is 0.138 e. The summed E-state index contributed by atoms with van der Waals surface area (Å²) in [6, 6.07) is 9.77. The fraction of sp³-hybridized carbons (Fsp3) is 0.222. The largest absolute Gasteiger partial charge is 0.383 e. The first kappa shape index (κ1) is 9.13. The van der Waals surface area contributed by atoms with E-state index in [0.717, 1.165) is 11.3 Å². The highest BCUT2D eigenvalue weighted by Crippen LogP contribution is 2.04. The molecule has 2 N–H and O–H groups in total. The van der Waals surface area contributed by atoms with Crippen molar-refractivity contribution in [1.29, 1.82) is 0 Å². The normalized spacial score (nSPS) is 11.6. The molecule has 64 valence electrons. The molecule has 12 heavy (non-hydrogen) atoms. The molecule has 3 heteroatoms. The standard InChI is InChI=1S/C9H12N2S/c1-2-12-11-9(10)8-6-4-3-5-7-8/h3-7H,2H2,1H3,(H2,10,11). The molecule has 0 heterocycles. The first-order chi connectivity index (χ1) is 5.84. The van der Waals surface area contributed by atoms with E-state index in [1.807, 2.05) is 37.3 Å². The van der Waals surface area contributed by atoms with E-state index >= 15 is 0 Å². The quantitative estimate of drug-likeness (QED) is 0.439. The van der Waals surface area contributed by atoms with E-state index in [4.69, 9.17) is 5.73 Å². The van der Waals surface area contributed by atoms with Crippen molar-refractivity contribution in [1.82, 2.24) is 0 Å². The third-order valence-corrected chi connectivity index (χ3v) is 1.95. The van der Waals surface area contributed by atoms with Gasteiger partial charge in [-0.1, -0.05) is 37.3 Å². The van der Waals surface area contributed by atoms with Crippen LogP contribution in [0.1, 0.15) is 12.5 Å². The molecule has 1 aromatic rings. The minimum Gasteiger partial charge on any atom is -0.383 e. The number of nitrogens with two attached hydrogens (primary N) is 1. The predicted molar refractivity (Wildman–Crippen MR) is 55.3 cm³/mol. The summed E-state index contributed by atoms with van der Waals surface area (Å²) in [4.78, 5) is 0. The molecule has 0 aliphatic rings. The molecular weight excluding hydrogens is 168 g/mol. The van der Waals surface area contributed by atoms with E-state index in [1.54, 1.807) is 0 Å². The number of rotatable bonds is 3. The van der Waals surface area contributed by atoms with Crippen molar-refractivity contribution in [2.75, 3.05) is 5.75 Å². The number of hydrogen-bond acceptors (Lipinski definition) is 2. The highest BCUT2D eigenvalue weighted by atomic mass is 32.2. The van der Waals surface area contributed by atoms with Gasteiger partial charge in [0.25, 0.3) is 0 Å². The van der Waals surface area contributed by atoms with E-state index in [-0.39, 0.29) is 0 Å². The van der Waals surface area contributed by atoms with Crippen molar-refractivity contribution in [2.24, 2.45) is 10.1 Å². The van der Waals surface area contributed by atoms with Crippen LogP contribution in [0, 0.1) is 0 Å². The molecule has 0 unspecified atom stereocenters. The van der Waals surface area contributed by atoms with Gasteiger partial charge >= 0.3 is 0 Å². The van der Waals surface area contributed by atoms with Crippen LogP contribution in [0.25, 0.3) is 0 Å². The summed E-state index contributed by atoms with van der Waals surface area (Å²) in [5.41, 5.74) is 6.69. The van der Waals surface area contributed by atoms with Crippen LogP contribution >= 0.6 is 11.9 Å². The van der Waals surface area contributed by atoms with Crippen molar-refractivity contribution in [3.05, 3.63) is 35.9 Å². The Morgan fingerprint density at radius 2 is 2.08 bits per heavy atom. The second-order valence-electron chi connectivity index (χ2n) is 2.26. The van der Waals surface area contributed by atoms with Crippen LogP contribution in [-0.2, 0) is 0 Å². The van der Waals surface area contributed by atoms with Gasteiger partial charge < -0.3 is 5.73 Å². The molecule has 0 spiro atoms. The van der Waals surface area contributed by atoms with E-state index in [0.29, 0.717) is 5.84 Å². The molecule has 1 aromatic carbocycles. The minimum atomic E-state index is 0.599. The molecule has 2 nitrogen and oxygen atoms in total.